The molecule has 0 aromatic carbocycles. The third-order valence-electron chi connectivity index (χ3n) is 3.04. The number of aryl methyl sites for hydroxylation is 1. The van der Waals surface area contributed by atoms with Crippen LogP contribution >= 0.6 is 11.5 Å². The van der Waals surface area contributed by atoms with Gasteiger partial charge in [-0.3, -0.25) is 0 Å². The van der Waals surface area contributed by atoms with E-state index in [-0.39, 0.29) is 0 Å². The van der Waals surface area contributed by atoms with Gasteiger partial charge in [0.25, 0.3) is 0 Å². The predicted octanol–water partition coefficient (Wildman–Crippen LogP) is 3.43. The quantitative estimate of drug-likeness (QED) is 0.811. The average molecular weight is 255 g/mol. The summed E-state index contributed by atoms with van der Waals surface area (Å²) in [7, 11) is 0. The number of hydrogen-bond donors (Lipinski definition) is 1. The van der Waals surface area contributed by atoms with Gasteiger partial charge in [0.05, 0.1) is 10.6 Å². The number of nitrogens with zero attached hydrogens (tertiary/aromatic N) is 2. The standard InChI is InChI=1S/C13H25N3S/c1-6-11-13(17-16-15-11)12(14-7-2)10(5)8-9(3)4/h9-10,12,14H,6-8H2,1-5H3. The molecule has 0 aliphatic carbocycles. The van der Waals surface area contributed by atoms with Crippen LogP contribution in [0, 0.1) is 11.8 Å². The molecule has 0 spiro atoms. The molecule has 4 heteroatoms. The topological polar surface area (TPSA) is 37.8 Å². The van der Waals surface area contributed by atoms with Gasteiger partial charge in [-0.05, 0) is 42.8 Å². The highest BCUT2D eigenvalue weighted by Gasteiger charge is 2.24. The lowest BCUT2D eigenvalue weighted by molar-refractivity contribution is 0.335. The van der Waals surface area contributed by atoms with Crippen LogP contribution in [0.25, 0.3) is 0 Å². The van der Waals surface area contributed by atoms with Crippen LogP contribution in [0.4, 0.5) is 0 Å². The molecule has 1 aromatic rings. The van der Waals surface area contributed by atoms with Crippen molar-refractivity contribution < 1.29 is 0 Å². The van der Waals surface area contributed by atoms with Crippen molar-refractivity contribution in [2.24, 2.45) is 11.8 Å². The van der Waals surface area contributed by atoms with Crippen molar-refractivity contribution in [3.8, 4) is 0 Å². The van der Waals surface area contributed by atoms with E-state index in [4.69, 9.17) is 0 Å². The zero-order chi connectivity index (χ0) is 12.8. The molecule has 2 atom stereocenters. The Kier molecular flexibility index (Phi) is 6.06. The average Bonchev–Trinajstić information content (AvgIpc) is 2.72. The van der Waals surface area contributed by atoms with Crippen LogP contribution in [-0.2, 0) is 6.42 Å². The summed E-state index contributed by atoms with van der Waals surface area (Å²) in [5.41, 5.74) is 1.16. The number of hydrogen-bond acceptors (Lipinski definition) is 4. The Morgan fingerprint density at radius 1 is 1.24 bits per heavy atom. The van der Waals surface area contributed by atoms with Crippen LogP contribution in [0.1, 0.15) is 57.7 Å². The molecule has 17 heavy (non-hydrogen) atoms. The van der Waals surface area contributed by atoms with Gasteiger partial charge in [-0.2, -0.15) is 0 Å². The Labute approximate surface area is 109 Å². The molecule has 0 radical (unpaired) electrons. The molecule has 0 aliphatic heterocycles. The lowest BCUT2D eigenvalue weighted by Gasteiger charge is -2.25. The van der Waals surface area contributed by atoms with Crippen molar-refractivity contribution in [3.63, 3.8) is 0 Å². The molecule has 0 amide bonds. The molecule has 0 saturated carbocycles. The van der Waals surface area contributed by atoms with Crippen LogP contribution in [-0.4, -0.2) is 16.1 Å². The molecule has 1 aromatic heterocycles. The van der Waals surface area contributed by atoms with Crippen LogP contribution in [0.2, 0.25) is 0 Å². The van der Waals surface area contributed by atoms with Gasteiger partial charge in [-0.15, -0.1) is 5.10 Å². The van der Waals surface area contributed by atoms with Gasteiger partial charge in [0.1, 0.15) is 0 Å². The van der Waals surface area contributed by atoms with Gasteiger partial charge in [0, 0.05) is 6.04 Å². The predicted molar refractivity (Wildman–Crippen MR) is 74.3 cm³/mol. The SMILES string of the molecule is CCNC(c1snnc1CC)C(C)CC(C)C. The number of nitrogens with one attached hydrogen (secondary N) is 1. The summed E-state index contributed by atoms with van der Waals surface area (Å²) in [4.78, 5) is 1.34. The maximum Gasteiger partial charge on any atom is 0.0801 e. The minimum atomic E-state index is 0.414. The fourth-order valence-electron chi connectivity index (χ4n) is 2.35. The van der Waals surface area contributed by atoms with Crippen LogP contribution < -0.4 is 5.32 Å². The van der Waals surface area contributed by atoms with E-state index in [0.717, 1.165) is 24.6 Å². The highest BCUT2D eigenvalue weighted by molar-refractivity contribution is 7.05. The molecule has 3 nitrogen and oxygen atoms in total. The first-order chi connectivity index (χ1) is 8.10. The van der Waals surface area contributed by atoms with Crippen LogP contribution in [0.5, 0.6) is 0 Å². The van der Waals surface area contributed by atoms with Gasteiger partial charge in [0.15, 0.2) is 0 Å². The number of rotatable bonds is 7. The second-order valence-electron chi connectivity index (χ2n) is 5.08. The van der Waals surface area contributed by atoms with Gasteiger partial charge in [-0.1, -0.05) is 39.1 Å². The van der Waals surface area contributed by atoms with Crippen molar-refractivity contribution in [1.29, 1.82) is 0 Å². The molecule has 2 unspecified atom stereocenters. The van der Waals surface area contributed by atoms with Crippen molar-refractivity contribution >= 4 is 11.5 Å². The maximum absolute atomic E-state index is 4.23. The van der Waals surface area contributed by atoms with Gasteiger partial charge in [0.2, 0.25) is 0 Å². The van der Waals surface area contributed by atoms with Gasteiger partial charge in [-0.25, -0.2) is 0 Å². The van der Waals surface area contributed by atoms with Gasteiger partial charge < -0.3 is 5.32 Å². The Morgan fingerprint density at radius 2 is 1.94 bits per heavy atom. The lowest BCUT2D eigenvalue weighted by atomic mass is 9.90. The monoisotopic (exact) mass is 255 g/mol. The molecule has 0 bridgehead atoms. The van der Waals surface area contributed by atoms with E-state index in [1.807, 2.05) is 0 Å². The van der Waals surface area contributed by atoms with Crippen LogP contribution in [0.15, 0.2) is 0 Å². The molecule has 98 valence electrons. The normalized spacial score (nSPS) is 15.2. The van der Waals surface area contributed by atoms with Crippen molar-refractivity contribution in [2.45, 2.75) is 53.5 Å². The van der Waals surface area contributed by atoms with Gasteiger partial charge >= 0.3 is 0 Å². The van der Waals surface area contributed by atoms with Crippen molar-refractivity contribution in [1.82, 2.24) is 14.9 Å². The third kappa shape index (κ3) is 4.03. The summed E-state index contributed by atoms with van der Waals surface area (Å²) in [6, 6.07) is 0.414. The second-order valence-corrected chi connectivity index (χ2v) is 5.87. The third-order valence-corrected chi connectivity index (χ3v) is 3.89. The zero-order valence-corrected chi connectivity index (χ0v) is 12.5. The first-order valence-corrected chi connectivity index (χ1v) is 7.41. The smallest absolute Gasteiger partial charge is 0.0801 e. The highest BCUT2D eigenvalue weighted by Crippen LogP contribution is 2.31. The summed E-state index contributed by atoms with van der Waals surface area (Å²) in [5, 5.41) is 7.82. The van der Waals surface area contributed by atoms with Crippen molar-refractivity contribution in [3.05, 3.63) is 10.6 Å². The lowest BCUT2D eigenvalue weighted by Crippen LogP contribution is -2.27. The van der Waals surface area contributed by atoms with E-state index in [9.17, 15) is 0 Å². The van der Waals surface area contributed by atoms with E-state index in [1.165, 1.54) is 11.3 Å². The summed E-state index contributed by atoms with van der Waals surface area (Å²) >= 11 is 1.55. The molecule has 0 fully saturated rings. The Bertz CT molecular complexity index is 322. The number of aromatic nitrogens is 2. The van der Waals surface area contributed by atoms with E-state index in [0.29, 0.717) is 12.0 Å². The summed E-state index contributed by atoms with van der Waals surface area (Å²) in [6.07, 6.45) is 2.21. The zero-order valence-electron chi connectivity index (χ0n) is 11.7. The molecular weight excluding hydrogens is 230 g/mol. The van der Waals surface area contributed by atoms with E-state index >= 15 is 0 Å². The minimum Gasteiger partial charge on any atom is -0.309 e. The second kappa shape index (κ2) is 7.07. The summed E-state index contributed by atoms with van der Waals surface area (Å²) < 4.78 is 4.11. The highest BCUT2D eigenvalue weighted by atomic mass is 32.1. The van der Waals surface area contributed by atoms with Crippen molar-refractivity contribution in [2.75, 3.05) is 6.54 Å². The Morgan fingerprint density at radius 3 is 2.47 bits per heavy atom. The van der Waals surface area contributed by atoms with E-state index < -0.39 is 0 Å². The van der Waals surface area contributed by atoms with E-state index in [1.54, 1.807) is 11.5 Å². The first kappa shape index (κ1) is 14.6. The molecule has 0 aliphatic rings. The minimum absolute atomic E-state index is 0.414. The van der Waals surface area contributed by atoms with Crippen LogP contribution in [0.3, 0.4) is 0 Å². The summed E-state index contributed by atoms with van der Waals surface area (Å²) in [5.74, 6) is 1.36. The maximum atomic E-state index is 4.23. The molecule has 0 saturated heterocycles. The fourth-order valence-corrected chi connectivity index (χ4v) is 3.30. The first-order valence-electron chi connectivity index (χ1n) is 6.64. The largest absolute Gasteiger partial charge is 0.309 e. The van der Waals surface area contributed by atoms with E-state index in [2.05, 4.69) is 49.5 Å². The molecule has 1 heterocycles. The molecular formula is C13H25N3S. The molecule has 1 rings (SSSR count). The Hall–Kier alpha value is -0.480. The Balaban J connectivity index is 2.84. The fraction of sp³-hybridized carbons (Fsp3) is 0.846. The summed E-state index contributed by atoms with van der Waals surface area (Å²) in [6.45, 7) is 12.2. The molecule has 1 N–H and O–H groups in total.